The molecule has 2 aromatic heterocycles. The molecule has 2 unspecified atom stereocenters. The Morgan fingerprint density at radius 3 is 3.04 bits per heavy atom. The van der Waals surface area contributed by atoms with Gasteiger partial charge in [-0.3, -0.25) is 9.89 Å². The van der Waals surface area contributed by atoms with Gasteiger partial charge in [-0.2, -0.15) is 0 Å². The van der Waals surface area contributed by atoms with Crippen LogP contribution in [0.1, 0.15) is 27.7 Å². The minimum Gasteiger partial charge on any atom is -0.376 e. The third-order valence-electron chi connectivity index (χ3n) is 4.57. The number of morpholine rings is 1. The number of nitrogens with zero attached hydrogens (tertiary/aromatic N) is 3. The first kappa shape index (κ1) is 20.3. The Morgan fingerprint density at radius 1 is 1.48 bits per heavy atom. The number of ether oxygens (including phenoxy) is 1. The van der Waals surface area contributed by atoms with Gasteiger partial charge in [0.1, 0.15) is 0 Å². The Labute approximate surface area is 169 Å². The first-order chi connectivity index (χ1) is 13.2. The maximum absolute atomic E-state index is 5.72. The van der Waals surface area contributed by atoms with Crippen molar-refractivity contribution in [3.63, 3.8) is 0 Å². The van der Waals surface area contributed by atoms with Crippen LogP contribution in [0.5, 0.6) is 0 Å². The summed E-state index contributed by atoms with van der Waals surface area (Å²) in [5.74, 6) is 0.839. The Kier molecular flexibility index (Phi) is 7.63. The molecule has 2 atom stereocenters. The van der Waals surface area contributed by atoms with E-state index in [1.54, 1.807) is 11.3 Å². The second kappa shape index (κ2) is 10.2. The Balaban J connectivity index is 1.53. The number of hydrogen-bond acceptors (Lipinski definition) is 6. The molecule has 1 aliphatic rings. The van der Waals surface area contributed by atoms with Crippen molar-refractivity contribution in [2.75, 3.05) is 39.8 Å². The monoisotopic (exact) mass is 407 g/mol. The van der Waals surface area contributed by atoms with Crippen molar-refractivity contribution < 1.29 is 4.74 Å². The summed E-state index contributed by atoms with van der Waals surface area (Å²) in [6.45, 7) is 8.60. The van der Waals surface area contributed by atoms with Crippen LogP contribution in [0.25, 0.3) is 0 Å². The molecule has 1 saturated heterocycles. The van der Waals surface area contributed by atoms with E-state index in [1.165, 1.54) is 9.75 Å². The quantitative estimate of drug-likeness (QED) is 0.546. The van der Waals surface area contributed by atoms with E-state index >= 15 is 0 Å². The number of rotatable bonds is 7. The van der Waals surface area contributed by atoms with Crippen LogP contribution in [0.2, 0.25) is 0 Å². The van der Waals surface area contributed by atoms with E-state index in [2.05, 4.69) is 56.9 Å². The van der Waals surface area contributed by atoms with Crippen LogP contribution in [0.4, 0.5) is 0 Å². The highest BCUT2D eigenvalue weighted by Gasteiger charge is 2.26. The minimum atomic E-state index is 0.278. The number of aromatic nitrogens is 1. The predicted octanol–water partition coefficient (Wildman–Crippen LogP) is 2.68. The molecular formula is C19H29N5OS2. The van der Waals surface area contributed by atoms with Crippen molar-refractivity contribution in [1.29, 1.82) is 0 Å². The predicted molar refractivity (Wildman–Crippen MR) is 114 cm³/mol. The summed E-state index contributed by atoms with van der Waals surface area (Å²) in [5, 5.41) is 10.2. The van der Waals surface area contributed by atoms with Crippen LogP contribution in [0, 0.1) is 6.92 Å². The second-order valence-corrected chi connectivity index (χ2v) is 9.00. The van der Waals surface area contributed by atoms with Crippen molar-refractivity contribution in [2.24, 2.45) is 4.99 Å². The van der Waals surface area contributed by atoms with Crippen LogP contribution in [-0.4, -0.2) is 61.8 Å². The maximum atomic E-state index is 5.72. The van der Waals surface area contributed by atoms with Crippen LogP contribution in [-0.2, 0) is 11.2 Å². The van der Waals surface area contributed by atoms with E-state index in [9.17, 15) is 0 Å². The molecule has 6 nitrogen and oxygen atoms in total. The molecule has 3 heterocycles. The molecule has 0 aromatic carbocycles. The van der Waals surface area contributed by atoms with Crippen molar-refractivity contribution in [3.05, 3.63) is 38.5 Å². The Morgan fingerprint density at radius 2 is 2.37 bits per heavy atom. The zero-order chi connectivity index (χ0) is 19.1. The largest absolute Gasteiger partial charge is 0.376 e. The third kappa shape index (κ3) is 6.00. The van der Waals surface area contributed by atoms with Crippen LogP contribution < -0.4 is 10.6 Å². The molecule has 148 valence electrons. The van der Waals surface area contributed by atoms with Crippen molar-refractivity contribution >= 4 is 28.6 Å². The van der Waals surface area contributed by atoms with E-state index < -0.39 is 0 Å². The normalized spacial score (nSPS) is 19.8. The molecule has 27 heavy (non-hydrogen) atoms. The smallest absolute Gasteiger partial charge is 0.191 e. The second-order valence-electron chi connectivity index (χ2n) is 6.70. The molecule has 0 bridgehead atoms. The van der Waals surface area contributed by atoms with Gasteiger partial charge in [0, 0.05) is 55.6 Å². The van der Waals surface area contributed by atoms with Gasteiger partial charge in [0.2, 0.25) is 0 Å². The van der Waals surface area contributed by atoms with E-state index in [1.807, 2.05) is 24.6 Å². The molecule has 1 aliphatic heterocycles. The zero-order valence-electron chi connectivity index (χ0n) is 16.3. The summed E-state index contributed by atoms with van der Waals surface area (Å²) in [5.41, 5.74) is 0. The fourth-order valence-electron chi connectivity index (χ4n) is 3.24. The van der Waals surface area contributed by atoms with Gasteiger partial charge in [0.05, 0.1) is 23.8 Å². The molecule has 0 aliphatic carbocycles. The van der Waals surface area contributed by atoms with Crippen LogP contribution in [0.15, 0.2) is 28.7 Å². The van der Waals surface area contributed by atoms with E-state index in [4.69, 9.17) is 4.74 Å². The van der Waals surface area contributed by atoms with Crippen molar-refractivity contribution in [2.45, 2.75) is 32.4 Å². The SMILES string of the molecule is CN=C(NCCc1ncc(C)s1)NCC(c1cccs1)N1CCOC(C)C1. The summed E-state index contributed by atoms with van der Waals surface area (Å²) in [6.07, 6.45) is 3.12. The van der Waals surface area contributed by atoms with E-state index in [0.717, 1.165) is 50.2 Å². The zero-order valence-corrected chi connectivity index (χ0v) is 17.9. The van der Waals surface area contributed by atoms with Gasteiger partial charge in [-0.1, -0.05) is 6.07 Å². The minimum absolute atomic E-state index is 0.278. The lowest BCUT2D eigenvalue weighted by Gasteiger charge is -2.37. The Bertz CT molecular complexity index is 716. The average Bonchev–Trinajstić information content (AvgIpc) is 3.32. The molecule has 8 heteroatoms. The molecular weight excluding hydrogens is 378 g/mol. The lowest BCUT2D eigenvalue weighted by atomic mass is 10.1. The van der Waals surface area contributed by atoms with Gasteiger partial charge in [-0.15, -0.1) is 22.7 Å². The van der Waals surface area contributed by atoms with Gasteiger partial charge in [-0.25, -0.2) is 4.98 Å². The number of thiophene rings is 1. The number of nitrogens with one attached hydrogen (secondary N) is 2. The van der Waals surface area contributed by atoms with Crippen LogP contribution >= 0.6 is 22.7 Å². The highest BCUT2D eigenvalue weighted by atomic mass is 32.1. The maximum Gasteiger partial charge on any atom is 0.191 e. The standard InChI is InChI=1S/C19H29N5OS2/c1-14-13-24(8-9-25-14)16(17-5-4-10-26-17)12-23-19(20-3)21-7-6-18-22-11-15(2)27-18/h4-5,10-11,14,16H,6-9,12-13H2,1-3H3,(H2,20,21,23). The summed E-state index contributed by atoms with van der Waals surface area (Å²) in [4.78, 5) is 13.9. The summed E-state index contributed by atoms with van der Waals surface area (Å²) in [6, 6.07) is 4.68. The lowest BCUT2D eigenvalue weighted by molar-refractivity contribution is -0.0334. The van der Waals surface area contributed by atoms with Gasteiger partial charge < -0.3 is 15.4 Å². The fourth-order valence-corrected chi connectivity index (χ4v) is 4.89. The summed E-state index contributed by atoms with van der Waals surface area (Å²) in [7, 11) is 1.82. The molecule has 2 N–H and O–H groups in total. The van der Waals surface area contributed by atoms with Crippen LogP contribution in [0.3, 0.4) is 0 Å². The lowest BCUT2D eigenvalue weighted by Crippen LogP contribution is -2.48. The number of aliphatic imine (C=N–C) groups is 1. The number of aryl methyl sites for hydroxylation is 1. The van der Waals surface area contributed by atoms with Gasteiger partial charge in [-0.05, 0) is 25.3 Å². The van der Waals surface area contributed by atoms with Gasteiger partial charge in [0.15, 0.2) is 5.96 Å². The number of guanidine groups is 1. The molecule has 3 rings (SSSR count). The molecule has 0 amide bonds. The number of thiazole rings is 1. The topological polar surface area (TPSA) is 61.8 Å². The molecule has 2 aromatic rings. The fraction of sp³-hybridized carbons (Fsp3) is 0.579. The van der Waals surface area contributed by atoms with Crippen molar-refractivity contribution in [3.8, 4) is 0 Å². The molecule has 0 spiro atoms. The first-order valence-corrected chi connectivity index (χ1v) is 11.1. The molecule has 1 fully saturated rings. The average molecular weight is 408 g/mol. The van der Waals surface area contributed by atoms with Crippen molar-refractivity contribution in [1.82, 2.24) is 20.5 Å². The summed E-state index contributed by atoms with van der Waals surface area (Å²) >= 11 is 3.57. The summed E-state index contributed by atoms with van der Waals surface area (Å²) < 4.78 is 5.72. The first-order valence-electron chi connectivity index (χ1n) is 9.40. The number of hydrogen-bond donors (Lipinski definition) is 2. The molecule has 0 saturated carbocycles. The van der Waals surface area contributed by atoms with Gasteiger partial charge >= 0.3 is 0 Å². The van der Waals surface area contributed by atoms with E-state index in [-0.39, 0.29) is 6.10 Å². The third-order valence-corrected chi connectivity index (χ3v) is 6.52. The highest BCUT2D eigenvalue weighted by molar-refractivity contribution is 7.11. The Hall–Kier alpha value is -1.48. The highest BCUT2D eigenvalue weighted by Crippen LogP contribution is 2.26. The van der Waals surface area contributed by atoms with Gasteiger partial charge in [0.25, 0.3) is 0 Å². The molecule has 0 radical (unpaired) electrons. The van der Waals surface area contributed by atoms with E-state index in [0.29, 0.717) is 6.04 Å².